The standard InChI is InChI=1S/C10H15OSi/c1-12(2,3)11-9-10-7-5-4-6-8-10/h4-9H,1-3H3. The zero-order valence-corrected chi connectivity index (χ0v) is 8.87. The summed E-state index contributed by atoms with van der Waals surface area (Å²) >= 11 is 0. The van der Waals surface area contributed by atoms with E-state index in [9.17, 15) is 0 Å². The summed E-state index contributed by atoms with van der Waals surface area (Å²) in [4.78, 5) is 0. The van der Waals surface area contributed by atoms with Crippen molar-refractivity contribution in [2.24, 2.45) is 0 Å². The van der Waals surface area contributed by atoms with Gasteiger partial charge in [-0.05, 0) is 25.2 Å². The molecular formula is C10H15OSi. The fourth-order valence-electron chi connectivity index (χ4n) is 0.776. The summed E-state index contributed by atoms with van der Waals surface area (Å²) in [5.41, 5.74) is 1.14. The summed E-state index contributed by atoms with van der Waals surface area (Å²) in [6.45, 7) is 8.37. The molecule has 1 aromatic rings. The van der Waals surface area contributed by atoms with Crippen LogP contribution in [0.1, 0.15) is 5.56 Å². The second-order valence-electron chi connectivity index (χ2n) is 3.76. The van der Waals surface area contributed by atoms with Crippen LogP contribution in [-0.4, -0.2) is 8.32 Å². The van der Waals surface area contributed by atoms with Crippen LogP contribution in [0.4, 0.5) is 0 Å². The Kier molecular flexibility index (Phi) is 3.06. The summed E-state index contributed by atoms with van der Waals surface area (Å²) in [6, 6.07) is 10.1. The smallest absolute Gasteiger partial charge is 0.184 e. The normalized spacial score (nSPS) is 11.6. The van der Waals surface area contributed by atoms with Gasteiger partial charge >= 0.3 is 0 Å². The van der Waals surface area contributed by atoms with E-state index in [-0.39, 0.29) is 0 Å². The van der Waals surface area contributed by atoms with Gasteiger partial charge in [0.05, 0.1) is 6.61 Å². The van der Waals surface area contributed by atoms with E-state index in [4.69, 9.17) is 4.43 Å². The highest BCUT2D eigenvalue weighted by Crippen LogP contribution is 2.09. The van der Waals surface area contributed by atoms with Crippen molar-refractivity contribution in [3.63, 3.8) is 0 Å². The molecule has 12 heavy (non-hydrogen) atoms. The summed E-state index contributed by atoms with van der Waals surface area (Å²) < 4.78 is 5.63. The minimum Gasteiger partial charge on any atom is -0.408 e. The van der Waals surface area contributed by atoms with Crippen molar-refractivity contribution in [3.05, 3.63) is 42.5 Å². The molecule has 0 heterocycles. The molecule has 0 spiro atoms. The van der Waals surface area contributed by atoms with Crippen molar-refractivity contribution in [1.82, 2.24) is 0 Å². The van der Waals surface area contributed by atoms with Crippen molar-refractivity contribution in [2.45, 2.75) is 19.6 Å². The Bertz CT molecular complexity index is 225. The van der Waals surface area contributed by atoms with Crippen LogP contribution in [0.15, 0.2) is 30.3 Å². The third-order valence-electron chi connectivity index (χ3n) is 1.35. The highest BCUT2D eigenvalue weighted by atomic mass is 28.4. The van der Waals surface area contributed by atoms with E-state index in [1.807, 2.05) is 36.9 Å². The number of hydrogen-bond acceptors (Lipinski definition) is 1. The van der Waals surface area contributed by atoms with Crippen LogP contribution in [-0.2, 0) is 4.43 Å². The molecule has 0 saturated heterocycles. The van der Waals surface area contributed by atoms with Crippen molar-refractivity contribution in [2.75, 3.05) is 0 Å². The highest BCUT2D eigenvalue weighted by Gasteiger charge is 2.13. The lowest BCUT2D eigenvalue weighted by Crippen LogP contribution is -2.23. The van der Waals surface area contributed by atoms with Crippen LogP contribution in [0, 0.1) is 6.61 Å². The molecule has 0 saturated carbocycles. The predicted molar refractivity (Wildman–Crippen MR) is 54.3 cm³/mol. The fraction of sp³-hybridized carbons (Fsp3) is 0.300. The van der Waals surface area contributed by atoms with Gasteiger partial charge in [0, 0.05) is 0 Å². The summed E-state index contributed by atoms with van der Waals surface area (Å²) in [6.07, 6.45) is 0. The molecule has 0 amide bonds. The first-order valence-electron chi connectivity index (χ1n) is 4.14. The molecular weight excluding hydrogens is 164 g/mol. The van der Waals surface area contributed by atoms with E-state index in [0.717, 1.165) is 5.56 Å². The van der Waals surface area contributed by atoms with Crippen molar-refractivity contribution < 1.29 is 4.43 Å². The fourth-order valence-corrected chi connectivity index (χ4v) is 1.27. The van der Waals surface area contributed by atoms with E-state index >= 15 is 0 Å². The Labute approximate surface area is 75.5 Å². The Balaban J connectivity index is 2.44. The van der Waals surface area contributed by atoms with Gasteiger partial charge in [-0.15, -0.1) is 0 Å². The quantitative estimate of drug-likeness (QED) is 0.648. The first-order chi connectivity index (χ1) is 5.58. The van der Waals surface area contributed by atoms with Crippen LogP contribution in [0.25, 0.3) is 0 Å². The van der Waals surface area contributed by atoms with Crippen LogP contribution >= 0.6 is 0 Å². The van der Waals surface area contributed by atoms with Gasteiger partial charge in [-0.2, -0.15) is 0 Å². The molecule has 0 N–H and O–H groups in total. The van der Waals surface area contributed by atoms with Gasteiger partial charge in [-0.25, -0.2) is 0 Å². The van der Waals surface area contributed by atoms with Crippen LogP contribution in [0.3, 0.4) is 0 Å². The predicted octanol–water partition coefficient (Wildman–Crippen LogP) is 3.05. The van der Waals surface area contributed by atoms with E-state index in [0.29, 0.717) is 0 Å². The molecule has 0 fully saturated rings. The molecule has 0 aromatic heterocycles. The van der Waals surface area contributed by atoms with Gasteiger partial charge < -0.3 is 4.43 Å². The Morgan fingerprint density at radius 2 is 1.67 bits per heavy atom. The zero-order chi connectivity index (χ0) is 9.03. The van der Waals surface area contributed by atoms with Crippen molar-refractivity contribution in [3.8, 4) is 0 Å². The molecule has 0 aliphatic carbocycles. The SMILES string of the molecule is C[Si](C)(C)O[CH]c1ccccc1. The summed E-state index contributed by atoms with van der Waals surface area (Å²) in [7, 11) is -1.40. The van der Waals surface area contributed by atoms with Gasteiger partial charge in [0.25, 0.3) is 0 Å². The van der Waals surface area contributed by atoms with Gasteiger partial charge in [0.1, 0.15) is 0 Å². The van der Waals surface area contributed by atoms with Crippen LogP contribution in [0.5, 0.6) is 0 Å². The average molecular weight is 179 g/mol. The van der Waals surface area contributed by atoms with E-state index in [1.165, 1.54) is 0 Å². The first kappa shape index (κ1) is 9.48. The van der Waals surface area contributed by atoms with Crippen LogP contribution in [0.2, 0.25) is 19.6 Å². The maximum absolute atomic E-state index is 5.63. The number of hydrogen-bond donors (Lipinski definition) is 0. The molecule has 2 heteroatoms. The summed E-state index contributed by atoms with van der Waals surface area (Å²) in [5, 5.41) is 0. The highest BCUT2D eigenvalue weighted by molar-refractivity contribution is 6.69. The second kappa shape index (κ2) is 3.87. The zero-order valence-electron chi connectivity index (χ0n) is 7.87. The number of rotatable bonds is 3. The van der Waals surface area contributed by atoms with Gasteiger partial charge in [0.2, 0.25) is 0 Å². The van der Waals surface area contributed by atoms with E-state index < -0.39 is 8.32 Å². The third kappa shape index (κ3) is 3.69. The molecule has 1 rings (SSSR count). The molecule has 0 aliphatic rings. The van der Waals surface area contributed by atoms with Gasteiger partial charge in [-0.3, -0.25) is 0 Å². The molecule has 0 unspecified atom stereocenters. The molecule has 65 valence electrons. The maximum atomic E-state index is 5.63. The molecule has 0 aliphatic heterocycles. The monoisotopic (exact) mass is 179 g/mol. The molecule has 0 bridgehead atoms. The largest absolute Gasteiger partial charge is 0.408 e. The lowest BCUT2D eigenvalue weighted by molar-refractivity contribution is 0.425. The van der Waals surface area contributed by atoms with Crippen molar-refractivity contribution >= 4 is 8.32 Å². The molecule has 1 aromatic carbocycles. The Hall–Kier alpha value is -0.603. The number of benzene rings is 1. The molecule has 0 atom stereocenters. The lowest BCUT2D eigenvalue weighted by Gasteiger charge is -2.16. The first-order valence-corrected chi connectivity index (χ1v) is 7.55. The Morgan fingerprint density at radius 3 is 2.17 bits per heavy atom. The minimum absolute atomic E-state index is 1.14. The lowest BCUT2D eigenvalue weighted by atomic mass is 10.2. The minimum atomic E-state index is -1.40. The van der Waals surface area contributed by atoms with Crippen LogP contribution < -0.4 is 0 Å². The maximum Gasteiger partial charge on any atom is 0.184 e. The van der Waals surface area contributed by atoms with E-state index in [1.54, 1.807) is 0 Å². The topological polar surface area (TPSA) is 9.23 Å². The molecule has 1 nitrogen and oxygen atoms in total. The van der Waals surface area contributed by atoms with Gasteiger partial charge in [-0.1, -0.05) is 30.3 Å². The average Bonchev–Trinajstić information content (AvgIpc) is 2.02. The third-order valence-corrected chi connectivity index (χ3v) is 2.17. The second-order valence-corrected chi connectivity index (χ2v) is 8.22. The summed E-state index contributed by atoms with van der Waals surface area (Å²) in [5.74, 6) is 0. The van der Waals surface area contributed by atoms with E-state index in [2.05, 4.69) is 19.6 Å². The Morgan fingerprint density at radius 1 is 1.08 bits per heavy atom. The van der Waals surface area contributed by atoms with Crippen molar-refractivity contribution in [1.29, 1.82) is 0 Å². The van der Waals surface area contributed by atoms with Gasteiger partial charge in [0.15, 0.2) is 8.32 Å². The molecule has 1 radical (unpaired) electrons.